The van der Waals surface area contributed by atoms with Gasteiger partial charge in [-0.25, -0.2) is 18.7 Å². The predicted molar refractivity (Wildman–Crippen MR) is 160 cm³/mol. The van der Waals surface area contributed by atoms with Crippen LogP contribution in [-0.4, -0.2) is 56.0 Å². The summed E-state index contributed by atoms with van der Waals surface area (Å²) >= 11 is 6.46. The van der Waals surface area contributed by atoms with Gasteiger partial charge in [-0.05, 0) is 62.2 Å². The van der Waals surface area contributed by atoms with Crippen LogP contribution in [0, 0.1) is 12.7 Å². The van der Waals surface area contributed by atoms with Crippen molar-refractivity contribution >= 4 is 40.0 Å². The highest BCUT2D eigenvalue weighted by Crippen LogP contribution is 2.35. The van der Waals surface area contributed by atoms with Gasteiger partial charge in [0.2, 0.25) is 5.91 Å². The average molecular weight is 576 g/mol. The van der Waals surface area contributed by atoms with Crippen molar-refractivity contribution in [3.63, 3.8) is 0 Å². The molecule has 1 saturated heterocycles. The lowest BCUT2D eigenvalue weighted by Crippen LogP contribution is -2.54. The summed E-state index contributed by atoms with van der Waals surface area (Å²) in [6.07, 6.45) is 4.41. The zero-order chi connectivity index (χ0) is 29.4. The molecule has 0 unspecified atom stereocenters. The molecule has 212 valence electrons. The van der Waals surface area contributed by atoms with Gasteiger partial charge in [0.15, 0.2) is 5.65 Å². The molecule has 0 bridgehead atoms. The monoisotopic (exact) mass is 575 g/mol. The molecule has 4 heterocycles. The fourth-order valence-electron chi connectivity index (χ4n) is 5.37. The van der Waals surface area contributed by atoms with E-state index < -0.39 is 11.5 Å². The Morgan fingerprint density at radius 2 is 2.02 bits per heavy atom. The summed E-state index contributed by atoms with van der Waals surface area (Å²) in [6.45, 7) is 10.6. The number of rotatable bonds is 6. The van der Waals surface area contributed by atoms with E-state index in [2.05, 4.69) is 16.5 Å². The molecule has 1 aliphatic rings. The molecular weight excluding hydrogens is 545 g/mol. The third kappa shape index (κ3) is 5.15. The number of fused-ring (bicyclic) bond motifs is 1. The SMILES string of the molecule is C=CC(=O)N1CCN(c2nc(=O)n(-c3c(C)ccnc3CCC)c3nc(-c4cc(N)ccc4Cl)c(F)cc23)[C@@H](C)C1. The first-order valence-electron chi connectivity index (χ1n) is 13.5. The maximum atomic E-state index is 15.9. The Labute approximate surface area is 242 Å². The van der Waals surface area contributed by atoms with Crippen LogP contribution in [0.5, 0.6) is 0 Å². The molecule has 1 atom stereocenters. The van der Waals surface area contributed by atoms with Crippen LogP contribution in [0.3, 0.4) is 0 Å². The number of anilines is 2. The number of nitrogens with zero attached hydrogens (tertiary/aromatic N) is 6. The van der Waals surface area contributed by atoms with E-state index in [0.29, 0.717) is 59.9 Å². The molecule has 11 heteroatoms. The number of hydrogen-bond acceptors (Lipinski definition) is 7. The van der Waals surface area contributed by atoms with Crippen LogP contribution in [0.25, 0.3) is 28.0 Å². The average Bonchev–Trinajstić information content (AvgIpc) is 2.94. The maximum absolute atomic E-state index is 15.9. The number of aryl methyl sites for hydroxylation is 2. The molecule has 1 aromatic carbocycles. The van der Waals surface area contributed by atoms with Crippen LogP contribution in [0.4, 0.5) is 15.9 Å². The van der Waals surface area contributed by atoms with Crippen LogP contribution in [0.15, 0.2) is 54.0 Å². The smallest absolute Gasteiger partial charge is 0.355 e. The molecule has 3 aromatic heterocycles. The standard InChI is InChI=1S/C30H31ClFN7O2/c1-5-7-24-27(17(3)10-11-34-24)39-29-21(15-23(32)26(35-29)20-14-19(33)8-9-22(20)31)28(36-30(39)41)38-13-12-37(16-18(38)4)25(40)6-2/h6,8-11,14-15,18H,2,5,7,12-13,16,33H2,1,3-4H3/t18-/m0/s1. The summed E-state index contributed by atoms with van der Waals surface area (Å²) in [7, 11) is 0. The van der Waals surface area contributed by atoms with E-state index in [9.17, 15) is 9.59 Å². The molecule has 1 fully saturated rings. The number of nitrogens with two attached hydrogens (primary N) is 1. The number of nitrogen functional groups attached to an aromatic ring is 1. The van der Waals surface area contributed by atoms with E-state index in [0.717, 1.165) is 12.0 Å². The predicted octanol–water partition coefficient (Wildman–Crippen LogP) is 4.70. The van der Waals surface area contributed by atoms with E-state index in [4.69, 9.17) is 22.3 Å². The van der Waals surface area contributed by atoms with E-state index in [1.807, 2.05) is 31.7 Å². The van der Waals surface area contributed by atoms with Crippen molar-refractivity contribution in [1.29, 1.82) is 0 Å². The van der Waals surface area contributed by atoms with Crippen LogP contribution in [-0.2, 0) is 11.2 Å². The number of amides is 1. The van der Waals surface area contributed by atoms with Crippen molar-refractivity contribution in [3.8, 4) is 16.9 Å². The van der Waals surface area contributed by atoms with Crippen LogP contribution in [0.2, 0.25) is 5.02 Å². The van der Waals surface area contributed by atoms with Crippen LogP contribution in [0.1, 0.15) is 31.5 Å². The van der Waals surface area contributed by atoms with Crippen molar-refractivity contribution in [2.24, 2.45) is 0 Å². The molecule has 0 spiro atoms. The zero-order valence-corrected chi connectivity index (χ0v) is 24.0. The Morgan fingerprint density at radius 3 is 2.73 bits per heavy atom. The first-order chi connectivity index (χ1) is 19.6. The highest BCUT2D eigenvalue weighted by molar-refractivity contribution is 6.33. The highest BCUT2D eigenvalue weighted by Gasteiger charge is 2.30. The minimum Gasteiger partial charge on any atom is -0.399 e. The summed E-state index contributed by atoms with van der Waals surface area (Å²) in [5, 5.41) is 0.626. The second kappa shape index (κ2) is 11.3. The van der Waals surface area contributed by atoms with Gasteiger partial charge in [0.05, 0.1) is 21.8 Å². The number of carbonyl (C=O) groups is 1. The second-order valence-electron chi connectivity index (χ2n) is 10.2. The van der Waals surface area contributed by atoms with Gasteiger partial charge in [-0.2, -0.15) is 4.98 Å². The largest absolute Gasteiger partial charge is 0.399 e. The molecule has 0 radical (unpaired) electrons. The van der Waals surface area contributed by atoms with Gasteiger partial charge >= 0.3 is 5.69 Å². The fourth-order valence-corrected chi connectivity index (χ4v) is 5.58. The van der Waals surface area contributed by atoms with Gasteiger partial charge in [-0.15, -0.1) is 0 Å². The van der Waals surface area contributed by atoms with Gasteiger partial charge in [0.1, 0.15) is 17.3 Å². The number of piperazine rings is 1. The minimum absolute atomic E-state index is 0.0341. The molecule has 0 saturated carbocycles. The van der Waals surface area contributed by atoms with Gasteiger partial charge in [-0.1, -0.05) is 31.5 Å². The Morgan fingerprint density at radius 1 is 1.24 bits per heavy atom. The van der Waals surface area contributed by atoms with Crippen LogP contribution < -0.4 is 16.3 Å². The minimum atomic E-state index is -0.636. The van der Waals surface area contributed by atoms with Crippen molar-refractivity contribution in [2.75, 3.05) is 30.3 Å². The number of halogens is 2. The highest BCUT2D eigenvalue weighted by atomic mass is 35.5. The third-order valence-corrected chi connectivity index (χ3v) is 7.67. The molecule has 41 heavy (non-hydrogen) atoms. The molecule has 1 aliphatic heterocycles. The molecule has 9 nitrogen and oxygen atoms in total. The first kappa shape index (κ1) is 28.2. The first-order valence-corrected chi connectivity index (χ1v) is 13.8. The number of hydrogen-bond donors (Lipinski definition) is 1. The Kier molecular flexibility index (Phi) is 7.77. The van der Waals surface area contributed by atoms with Crippen molar-refractivity contribution in [1.82, 2.24) is 24.4 Å². The van der Waals surface area contributed by atoms with Gasteiger partial charge < -0.3 is 15.5 Å². The summed E-state index contributed by atoms with van der Waals surface area (Å²) in [5.41, 5.74) is 8.42. The summed E-state index contributed by atoms with van der Waals surface area (Å²) in [4.78, 5) is 43.6. The lowest BCUT2D eigenvalue weighted by atomic mass is 10.1. The van der Waals surface area contributed by atoms with Crippen molar-refractivity contribution in [3.05, 3.63) is 81.8 Å². The number of benzene rings is 1. The Bertz CT molecular complexity index is 1740. The quantitative estimate of drug-likeness (QED) is 0.262. The summed E-state index contributed by atoms with van der Waals surface area (Å²) < 4.78 is 17.3. The van der Waals surface area contributed by atoms with Crippen molar-refractivity contribution in [2.45, 2.75) is 39.7 Å². The molecule has 2 N–H and O–H groups in total. The zero-order valence-electron chi connectivity index (χ0n) is 23.2. The van der Waals surface area contributed by atoms with E-state index in [1.54, 1.807) is 29.3 Å². The summed E-state index contributed by atoms with van der Waals surface area (Å²) in [6, 6.07) is 7.71. The lowest BCUT2D eigenvalue weighted by Gasteiger charge is -2.40. The number of carbonyl (C=O) groups excluding carboxylic acids is 1. The van der Waals surface area contributed by atoms with Gasteiger partial charge in [0, 0.05) is 43.1 Å². The van der Waals surface area contributed by atoms with E-state index in [-0.39, 0.29) is 28.3 Å². The number of pyridine rings is 2. The van der Waals surface area contributed by atoms with E-state index >= 15 is 4.39 Å². The van der Waals surface area contributed by atoms with E-state index in [1.165, 1.54) is 16.7 Å². The lowest BCUT2D eigenvalue weighted by molar-refractivity contribution is -0.126. The molecular formula is C30H31ClFN7O2. The van der Waals surface area contributed by atoms with Gasteiger partial charge in [0.25, 0.3) is 0 Å². The van der Waals surface area contributed by atoms with Crippen molar-refractivity contribution < 1.29 is 9.18 Å². The topological polar surface area (TPSA) is 110 Å². The fraction of sp³-hybridized carbons (Fsp3) is 0.300. The molecule has 1 amide bonds. The Hall–Kier alpha value is -4.31. The normalized spacial score (nSPS) is 15.4. The molecule has 5 rings (SSSR count). The van der Waals surface area contributed by atoms with Gasteiger partial charge in [-0.3, -0.25) is 9.78 Å². The van der Waals surface area contributed by atoms with Crippen LogP contribution >= 0.6 is 11.6 Å². The second-order valence-corrected chi connectivity index (χ2v) is 10.6. The maximum Gasteiger partial charge on any atom is 0.355 e. The third-order valence-electron chi connectivity index (χ3n) is 7.34. The Balaban J connectivity index is 1.81. The summed E-state index contributed by atoms with van der Waals surface area (Å²) in [5.74, 6) is -0.505. The molecule has 0 aliphatic carbocycles. The number of aromatic nitrogens is 4. The molecule has 4 aromatic rings.